The fourth-order valence-electron chi connectivity index (χ4n) is 0.771. The van der Waals surface area contributed by atoms with Crippen LogP contribution in [0.2, 0.25) is 0 Å². The summed E-state index contributed by atoms with van der Waals surface area (Å²) in [6.45, 7) is 0. The number of rotatable bonds is 2. The number of sulfone groups is 1. The first-order valence-electron chi connectivity index (χ1n) is 3.35. The SMILES string of the molecule is O=S(=O)(/C(F)=C\F)c1ccccc1. The normalized spacial score (nSPS) is 12.9. The Morgan fingerprint density at radius 1 is 1.23 bits per heavy atom. The van der Waals surface area contributed by atoms with Crippen LogP contribution in [-0.4, -0.2) is 8.42 Å². The molecule has 70 valence electrons. The van der Waals surface area contributed by atoms with Gasteiger partial charge in [0.2, 0.25) is 15.0 Å². The molecule has 0 saturated carbocycles. The van der Waals surface area contributed by atoms with Gasteiger partial charge in [-0.2, -0.15) is 4.39 Å². The number of hydrogen-bond acceptors (Lipinski definition) is 2. The van der Waals surface area contributed by atoms with E-state index in [0.717, 1.165) is 0 Å². The van der Waals surface area contributed by atoms with Gasteiger partial charge in [-0.05, 0) is 12.1 Å². The van der Waals surface area contributed by atoms with Gasteiger partial charge >= 0.3 is 0 Å². The van der Waals surface area contributed by atoms with Crippen LogP contribution >= 0.6 is 0 Å². The minimum absolute atomic E-state index is 0.263. The lowest BCUT2D eigenvalue weighted by Gasteiger charge is -1.98. The third kappa shape index (κ3) is 1.92. The highest BCUT2D eigenvalue weighted by molar-refractivity contribution is 7.95. The lowest BCUT2D eigenvalue weighted by Crippen LogP contribution is -2.00. The molecule has 0 N–H and O–H groups in total. The first-order valence-corrected chi connectivity index (χ1v) is 4.83. The van der Waals surface area contributed by atoms with Crippen LogP contribution in [0.15, 0.2) is 46.7 Å². The van der Waals surface area contributed by atoms with Crippen LogP contribution in [0.4, 0.5) is 8.78 Å². The molecular formula is C8H6F2O2S. The van der Waals surface area contributed by atoms with E-state index < -0.39 is 21.3 Å². The van der Waals surface area contributed by atoms with Gasteiger partial charge in [0.15, 0.2) is 0 Å². The molecule has 2 nitrogen and oxygen atoms in total. The first-order chi connectivity index (χ1) is 6.09. The molecule has 1 aromatic carbocycles. The zero-order valence-corrected chi connectivity index (χ0v) is 7.26. The van der Waals surface area contributed by atoms with Crippen LogP contribution in [0.3, 0.4) is 0 Å². The lowest BCUT2D eigenvalue weighted by atomic mass is 10.4. The van der Waals surface area contributed by atoms with Crippen LogP contribution in [-0.2, 0) is 9.84 Å². The van der Waals surface area contributed by atoms with Gasteiger partial charge in [0.25, 0.3) is 0 Å². The monoisotopic (exact) mass is 204 g/mol. The summed E-state index contributed by atoms with van der Waals surface area (Å²) in [7, 11) is -4.27. The van der Waals surface area contributed by atoms with Crippen LogP contribution in [0.1, 0.15) is 0 Å². The van der Waals surface area contributed by atoms with E-state index in [9.17, 15) is 17.2 Å². The van der Waals surface area contributed by atoms with Crippen molar-refractivity contribution in [1.29, 1.82) is 0 Å². The quantitative estimate of drug-likeness (QED) is 0.740. The van der Waals surface area contributed by atoms with Gasteiger partial charge in [0.1, 0.15) is 6.33 Å². The predicted octanol–water partition coefficient (Wildman–Crippen LogP) is 2.20. The molecule has 13 heavy (non-hydrogen) atoms. The van der Waals surface area contributed by atoms with Crippen molar-refractivity contribution in [2.45, 2.75) is 4.90 Å². The summed E-state index contributed by atoms with van der Waals surface area (Å²) in [6, 6.07) is 6.82. The van der Waals surface area contributed by atoms with E-state index in [2.05, 4.69) is 0 Å². The number of benzene rings is 1. The summed E-state index contributed by atoms with van der Waals surface area (Å²) in [5, 5.41) is -1.78. The third-order valence-corrected chi connectivity index (χ3v) is 2.89. The fraction of sp³-hybridized carbons (Fsp3) is 0. The molecule has 0 bridgehead atoms. The van der Waals surface area contributed by atoms with Gasteiger partial charge in [-0.3, -0.25) is 0 Å². The summed E-state index contributed by atoms with van der Waals surface area (Å²) in [5.74, 6) is 0. The maximum Gasteiger partial charge on any atom is 0.247 e. The van der Waals surface area contributed by atoms with Crippen LogP contribution < -0.4 is 0 Å². The topological polar surface area (TPSA) is 34.1 Å². The summed E-state index contributed by atoms with van der Waals surface area (Å²) in [5.41, 5.74) is 0. The van der Waals surface area contributed by atoms with E-state index in [1.54, 1.807) is 6.07 Å². The standard InChI is InChI=1S/C8H6F2O2S/c9-6-8(10)13(11,12)7-4-2-1-3-5-7/h1-6H/b8-6-. The van der Waals surface area contributed by atoms with E-state index in [1.807, 2.05) is 0 Å². The molecule has 0 heterocycles. The molecule has 0 aliphatic heterocycles. The molecule has 0 aliphatic rings. The second-order valence-electron chi connectivity index (χ2n) is 2.23. The maximum atomic E-state index is 12.5. The van der Waals surface area contributed by atoms with Crippen molar-refractivity contribution in [2.75, 3.05) is 0 Å². The molecule has 1 rings (SSSR count). The van der Waals surface area contributed by atoms with E-state index >= 15 is 0 Å². The molecule has 0 amide bonds. The van der Waals surface area contributed by atoms with Crippen LogP contribution in [0.5, 0.6) is 0 Å². The Bertz CT molecular complexity index is 409. The van der Waals surface area contributed by atoms with E-state index in [1.165, 1.54) is 24.3 Å². The second-order valence-corrected chi connectivity index (χ2v) is 4.10. The summed E-state index contributed by atoms with van der Waals surface area (Å²) < 4.78 is 46.3. The smallest absolute Gasteiger partial charge is 0.216 e. The zero-order valence-electron chi connectivity index (χ0n) is 6.44. The molecule has 0 unspecified atom stereocenters. The molecule has 5 heteroatoms. The Kier molecular flexibility index (Phi) is 2.77. The van der Waals surface area contributed by atoms with Gasteiger partial charge in [-0.1, -0.05) is 18.2 Å². The predicted molar refractivity (Wildman–Crippen MR) is 43.9 cm³/mol. The van der Waals surface area contributed by atoms with Crippen LogP contribution in [0.25, 0.3) is 0 Å². The Morgan fingerprint density at radius 2 is 1.77 bits per heavy atom. The van der Waals surface area contributed by atoms with Gasteiger partial charge in [0.05, 0.1) is 4.90 Å². The molecule has 0 spiro atoms. The third-order valence-electron chi connectivity index (χ3n) is 1.40. The largest absolute Gasteiger partial charge is 0.247 e. The van der Waals surface area contributed by atoms with E-state index in [4.69, 9.17) is 0 Å². The average Bonchev–Trinajstić information content (AvgIpc) is 2.18. The highest BCUT2D eigenvalue weighted by Gasteiger charge is 2.20. The molecule has 0 aliphatic carbocycles. The Morgan fingerprint density at radius 3 is 2.23 bits per heavy atom. The van der Waals surface area contributed by atoms with E-state index in [0.29, 0.717) is 0 Å². The molecule has 0 aromatic heterocycles. The molecular weight excluding hydrogens is 198 g/mol. The fourth-order valence-corrected chi connectivity index (χ4v) is 1.63. The minimum Gasteiger partial charge on any atom is -0.216 e. The average molecular weight is 204 g/mol. The Balaban J connectivity index is 3.25. The van der Waals surface area contributed by atoms with E-state index in [-0.39, 0.29) is 4.90 Å². The van der Waals surface area contributed by atoms with Crippen molar-refractivity contribution in [3.63, 3.8) is 0 Å². The van der Waals surface area contributed by atoms with Gasteiger partial charge < -0.3 is 0 Å². The second kappa shape index (κ2) is 3.66. The van der Waals surface area contributed by atoms with Crippen LogP contribution in [0, 0.1) is 0 Å². The summed E-state index contributed by atoms with van der Waals surface area (Å²) in [4.78, 5) is -0.263. The Labute approximate surface area is 74.4 Å². The van der Waals surface area contributed by atoms with Crippen molar-refractivity contribution >= 4 is 9.84 Å². The number of hydrogen-bond donors (Lipinski definition) is 0. The number of halogens is 2. The molecule has 0 saturated heterocycles. The molecule has 0 atom stereocenters. The minimum atomic E-state index is -4.27. The molecule has 1 aromatic rings. The van der Waals surface area contributed by atoms with Crippen molar-refractivity contribution in [1.82, 2.24) is 0 Å². The molecule has 0 radical (unpaired) electrons. The van der Waals surface area contributed by atoms with Gasteiger partial charge in [0, 0.05) is 0 Å². The van der Waals surface area contributed by atoms with Gasteiger partial charge in [-0.25, -0.2) is 12.8 Å². The highest BCUT2D eigenvalue weighted by Crippen LogP contribution is 2.19. The maximum absolute atomic E-state index is 12.5. The summed E-state index contributed by atoms with van der Waals surface area (Å²) in [6.07, 6.45) is -0.567. The Hall–Kier alpha value is -1.23. The van der Waals surface area contributed by atoms with Crippen molar-refractivity contribution in [3.8, 4) is 0 Å². The zero-order chi connectivity index (χ0) is 9.90. The van der Waals surface area contributed by atoms with Crippen molar-refractivity contribution in [2.24, 2.45) is 0 Å². The molecule has 0 fully saturated rings. The van der Waals surface area contributed by atoms with Gasteiger partial charge in [-0.15, -0.1) is 0 Å². The highest BCUT2D eigenvalue weighted by atomic mass is 32.2. The van der Waals surface area contributed by atoms with Crippen molar-refractivity contribution in [3.05, 3.63) is 41.8 Å². The lowest BCUT2D eigenvalue weighted by molar-refractivity contribution is 0.564. The van der Waals surface area contributed by atoms with Crippen molar-refractivity contribution < 1.29 is 17.2 Å². The summed E-state index contributed by atoms with van der Waals surface area (Å²) >= 11 is 0. The first kappa shape index (κ1) is 9.85.